The van der Waals surface area contributed by atoms with Crippen molar-refractivity contribution in [3.63, 3.8) is 0 Å². The van der Waals surface area contributed by atoms with Crippen molar-refractivity contribution in [3.05, 3.63) is 72.9 Å². The Morgan fingerprint density at radius 3 is 2.66 bits per heavy atom. The number of carbonyl (C=O) groups excluding carboxylic acids is 1. The number of nitrogens with zero attached hydrogens (tertiary/aromatic N) is 5. The maximum atomic E-state index is 12.9. The van der Waals surface area contributed by atoms with Crippen molar-refractivity contribution in [1.82, 2.24) is 24.3 Å². The molecule has 0 radical (unpaired) electrons. The fraction of sp³-hybridized carbons (Fsp3) is 0.348. The number of imidazole rings is 1. The fourth-order valence-corrected chi connectivity index (χ4v) is 3.89. The smallest absolute Gasteiger partial charge is 0.324 e. The number of hydrogen-bond acceptors (Lipinski definition) is 4. The molecule has 6 heteroatoms. The minimum Gasteiger partial charge on any atom is -0.324 e. The van der Waals surface area contributed by atoms with Crippen LogP contribution in [0.15, 0.2) is 67.4 Å². The highest BCUT2D eigenvalue weighted by atomic mass is 16.2. The predicted octanol–water partition coefficient (Wildman–Crippen LogP) is 3.55. The number of rotatable bonds is 5. The quantitative estimate of drug-likeness (QED) is 0.670. The number of likely N-dealkylation sites (tertiary alicyclic amines) is 1. The minimum absolute atomic E-state index is 0.0321. The Morgan fingerprint density at radius 1 is 1.14 bits per heavy atom. The average molecular weight is 390 g/mol. The predicted molar refractivity (Wildman–Crippen MR) is 114 cm³/mol. The summed E-state index contributed by atoms with van der Waals surface area (Å²) >= 11 is 0. The summed E-state index contributed by atoms with van der Waals surface area (Å²) in [5, 5.41) is 0. The Morgan fingerprint density at radius 2 is 1.93 bits per heavy atom. The van der Waals surface area contributed by atoms with Crippen molar-refractivity contribution in [2.24, 2.45) is 0 Å². The molecule has 3 heterocycles. The summed E-state index contributed by atoms with van der Waals surface area (Å²) in [4.78, 5) is 25.7. The van der Waals surface area contributed by atoms with E-state index >= 15 is 0 Å². The maximum absolute atomic E-state index is 12.9. The molecule has 1 aromatic carbocycles. The van der Waals surface area contributed by atoms with Gasteiger partial charge in [-0.3, -0.25) is 9.55 Å². The Labute approximate surface area is 171 Å². The lowest BCUT2D eigenvalue weighted by molar-refractivity contribution is 0.136. The number of piperidine rings is 1. The summed E-state index contributed by atoms with van der Waals surface area (Å²) in [5.74, 6) is 0. The van der Waals surface area contributed by atoms with E-state index in [-0.39, 0.29) is 12.1 Å². The van der Waals surface area contributed by atoms with Gasteiger partial charge in [0, 0.05) is 56.9 Å². The average Bonchev–Trinajstić information content (AvgIpc) is 3.29. The van der Waals surface area contributed by atoms with Gasteiger partial charge in [-0.25, -0.2) is 9.78 Å². The lowest BCUT2D eigenvalue weighted by atomic mass is 10.0. The number of hydrogen-bond donors (Lipinski definition) is 0. The summed E-state index contributed by atoms with van der Waals surface area (Å²) in [6.45, 7) is 3.13. The molecular weight excluding hydrogens is 362 g/mol. The van der Waals surface area contributed by atoms with Crippen LogP contribution in [0.3, 0.4) is 0 Å². The Hall–Kier alpha value is -2.99. The largest absolute Gasteiger partial charge is 0.329 e. The summed E-state index contributed by atoms with van der Waals surface area (Å²) in [5.41, 5.74) is 3.05. The molecule has 0 saturated carbocycles. The molecule has 2 aromatic heterocycles. The van der Waals surface area contributed by atoms with Crippen LogP contribution in [0, 0.1) is 0 Å². The van der Waals surface area contributed by atoms with Crippen molar-refractivity contribution < 1.29 is 4.79 Å². The van der Waals surface area contributed by atoms with Crippen LogP contribution < -0.4 is 0 Å². The van der Waals surface area contributed by atoms with E-state index < -0.39 is 0 Å². The Bertz CT molecular complexity index is 917. The molecule has 1 aliphatic heterocycles. The van der Waals surface area contributed by atoms with Crippen molar-refractivity contribution in [2.45, 2.75) is 25.3 Å². The van der Waals surface area contributed by atoms with E-state index in [9.17, 15) is 4.79 Å². The second kappa shape index (κ2) is 9.01. The van der Waals surface area contributed by atoms with E-state index in [1.807, 2.05) is 24.1 Å². The van der Waals surface area contributed by atoms with Gasteiger partial charge >= 0.3 is 6.03 Å². The molecule has 1 fully saturated rings. The third-order valence-corrected chi connectivity index (χ3v) is 5.73. The molecule has 150 valence electrons. The lowest BCUT2D eigenvalue weighted by Crippen LogP contribution is -2.47. The fourth-order valence-electron chi connectivity index (χ4n) is 3.89. The van der Waals surface area contributed by atoms with Crippen molar-refractivity contribution >= 4 is 6.03 Å². The molecule has 0 spiro atoms. The molecule has 3 aromatic rings. The normalized spacial score (nSPS) is 15.3. The van der Waals surface area contributed by atoms with E-state index in [0.717, 1.165) is 50.2 Å². The second-order valence-corrected chi connectivity index (χ2v) is 7.61. The minimum atomic E-state index is -0.0321. The number of carbonyl (C=O) groups is 1. The molecule has 6 nitrogen and oxygen atoms in total. The first-order chi connectivity index (χ1) is 14.2. The number of pyridine rings is 1. The standard InChI is InChI=1S/C23H27N5O/c1-26(23(29)28-17-22(25-18-28)20-8-5-12-24-16-20)21-10-14-27(15-11-21)13-9-19-6-3-2-4-7-19/h2-8,12,16-18,21H,9-11,13-15H2,1H3. The van der Waals surface area contributed by atoms with Crippen LogP contribution in [0.1, 0.15) is 18.4 Å². The van der Waals surface area contributed by atoms with E-state index in [2.05, 4.69) is 45.2 Å². The number of amides is 1. The summed E-state index contributed by atoms with van der Waals surface area (Å²) in [6.07, 6.45) is 9.94. The second-order valence-electron chi connectivity index (χ2n) is 7.61. The zero-order valence-corrected chi connectivity index (χ0v) is 16.8. The molecule has 0 unspecified atom stereocenters. The molecule has 0 aliphatic carbocycles. The lowest BCUT2D eigenvalue weighted by Gasteiger charge is -2.36. The molecule has 29 heavy (non-hydrogen) atoms. The highest BCUT2D eigenvalue weighted by molar-refractivity contribution is 5.78. The van der Waals surface area contributed by atoms with Crippen LogP contribution in [0.4, 0.5) is 4.79 Å². The first-order valence-corrected chi connectivity index (χ1v) is 10.2. The third kappa shape index (κ3) is 4.71. The van der Waals surface area contributed by atoms with Gasteiger partial charge in [0.2, 0.25) is 0 Å². The highest BCUT2D eigenvalue weighted by Crippen LogP contribution is 2.19. The van der Waals surface area contributed by atoms with E-state index in [0.29, 0.717) is 0 Å². The number of aromatic nitrogens is 3. The first kappa shape index (κ1) is 19.3. The highest BCUT2D eigenvalue weighted by Gasteiger charge is 2.26. The molecule has 1 saturated heterocycles. The van der Waals surface area contributed by atoms with Gasteiger partial charge in [-0.1, -0.05) is 30.3 Å². The first-order valence-electron chi connectivity index (χ1n) is 10.2. The summed E-state index contributed by atoms with van der Waals surface area (Å²) in [7, 11) is 1.90. The molecule has 0 N–H and O–H groups in total. The molecule has 0 bridgehead atoms. The van der Waals surface area contributed by atoms with Gasteiger partial charge in [-0.2, -0.15) is 0 Å². The van der Waals surface area contributed by atoms with Gasteiger partial charge in [0.15, 0.2) is 0 Å². The SMILES string of the molecule is CN(C(=O)n1cnc(-c2cccnc2)c1)C1CCN(CCc2ccccc2)CC1. The van der Waals surface area contributed by atoms with Crippen molar-refractivity contribution in [3.8, 4) is 11.3 Å². The molecule has 0 atom stereocenters. The Balaban J connectivity index is 1.29. The monoisotopic (exact) mass is 389 g/mol. The van der Waals surface area contributed by atoms with Crippen molar-refractivity contribution in [1.29, 1.82) is 0 Å². The Kier molecular flexibility index (Phi) is 6.00. The maximum Gasteiger partial charge on any atom is 0.329 e. The van der Waals surface area contributed by atoms with Crippen LogP contribution in [0.2, 0.25) is 0 Å². The van der Waals surface area contributed by atoms with E-state index in [1.165, 1.54) is 5.56 Å². The van der Waals surface area contributed by atoms with Crippen LogP contribution >= 0.6 is 0 Å². The molecular formula is C23H27N5O. The van der Waals surface area contributed by atoms with Gasteiger partial charge in [0.1, 0.15) is 6.33 Å². The molecule has 1 aliphatic rings. The summed E-state index contributed by atoms with van der Waals surface area (Å²) < 4.78 is 1.57. The van der Waals surface area contributed by atoms with Gasteiger partial charge < -0.3 is 9.80 Å². The van der Waals surface area contributed by atoms with Crippen LogP contribution in [0.25, 0.3) is 11.3 Å². The molecule has 4 rings (SSSR count). The topological polar surface area (TPSA) is 54.3 Å². The number of benzene rings is 1. The van der Waals surface area contributed by atoms with Gasteiger partial charge in [0.25, 0.3) is 0 Å². The van der Waals surface area contributed by atoms with Gasteiger partial charge in [-0.05, 0) is 37.0 Å². The van der Waals surface area contributed by atoms with E-state index in [4.69, 9.17) is 0 Å². The van der Waals surface area contributed by atoms with Gasteiger partial charge in [-0.15, -0.1) is 0 Å². The molecule has 1 amide bonds. The zero-order chi connectivity index (χ0) is 20.1. The van der Waals surface area contributed by atoms with Crippen LogP contribution in [-0.4, -0.2) is 63.1 Å². The zero-order valence-electron chi connectivity index (χ0n) is 16.8. The third-order valence-electron chi connectivity index (χ3n) is 5.73. The van der Waals surface area contributed by atoms with Gasteiger partial charge in [0.05, 0.1) is 5.69 Å². The van der Waals surface area contributed by atoms with E-state index in [1.54, 1.807) is 29.5 Å². The van der Waals surface area contributed by atoms with Crippen LogP contribution in [0.5, 0.6) is 0 Å². The van der Waals surface area contributed by atoms with Crippen molar-refractivity contribution in [2.75, 3.05) is 26.7 Å². The summed E-state index contributed by atoms with van der Waals surface area (Å²) in [6, 6.07) is 14.7. The van der Waals surface area contributed by atoms with Crippen LogP contribution in [-0.2, 0) is 6.42 Å².